The second-order valence-corrected chi connectivity index (χ2v) is 7.94. The van der Waals surface area contributed by atoms with Gasteiger partial charge in [-0.15, -0.1) is 0 Å². The molecule has 3 aromatic rings. The van der Waals surface area contributed by atoms with Crippen molar-refractivity contribution in [3.63, 3.8) is 0 Å². The van der Waals surface area contributed by atoms with Crippen molar-refractivity contribution >= 4 is 27.4 Å². The standard InChI is InChI=1S/C18H13F5N4O3S/c1-9(28)24-10-2-4-11(5-3-10)31(29,30)26-13-6-7-27(25-13)8-12-14(19)16(21)18(23)17(22)15(12)20/h2-7H,8H2,1H3,(H,24,28)(H,25,26). The molecule has 1 amide bonds. The molecule has 1 aromatic heterocycles. The van der Waals surface area contributed by atoms with Crippen LogP contribution in [-0.2, 0) is 21.4 Å². The SMILES string of the molecule is CC(=O)Nc1ccc(S(=O)(=O)Nc2ccn(Cc3c(F)c(F)c(F)c(F)c3F)n2)cc1. The van der Waals surface area contributed by atoms with Gasteiger partial charge < -0.3 is 5.32 Å². The quantitative estimate of drug-likeness (QED) is 0.335. The van der Waals surface area contributed by atoms with Crippen molar-refractivity contribution in [3.05, 3.63) is 71.2 Å². The molecule has 0 radical (unpaired) electrons. The van der Waals surface area contributed by atoms with E-state index in [1.54, 1.807) is 0 Å². The number of benzene rings is 2. The minimum Gasteiger partial charge on any atom is -0.326 e. The number of hydrogen-bond acceptors (Lipinski definition) is 4. The number of aromatic nitrogens is 2. The second-order valence-electron chi connectivity index (χ2n) is 6.26. The van der Waals surface area contributed by atoms with Gasteiger partial charge in [-0.25, -0.2) is 30.4 Å². The maximum Gasteiger partial charge on any atom is 0.263 e. The second kappa shape index (κ2) is 8.34. The number of amides is 1. The molecule has 13 heteroatoms. The summed E-state index contributed by atoms with van der Waals surface area (Å²) in [4.78, 5) is 10.8. The monoisotopic (exact) mass is 460 g/mol. The zero-order valence-electron chi connectivity index (χ0n) is 15.6. The highest BCUT2D eigenvalue weighted by molar-refractivity contribution is 7.92. The zero-order chi connectivity index (χ0) is 22.9. The number of rotatable bonds is 6. The third kappa shape index (κ3) is 4.66. The summed E-state index contributed by atoms with van der Waals surface area (Å²) in [6.07, 6.45) is 1.09. The first kappa shape index (κ1) is 22.2. The lowest BCUT2D eigenvalue weighted by Crippen LogP contribution is -2.15. The van der Waals surface area contributed by atoms with E-state index in [1.807, 2.05) is 0 Å². The fourth-order valence-electron chi connectivity index (χ4n) is 2.57. The zero-order valence-corrected chi connectivity index (χ0v) is 16.4. The number of sulfonamides is 1. The van der Waals surface area contributed by atoms with Gasteiger partial charge in [0, 0.05) is 24.9 Å². The van der Waals surface area contributed by atoms with Crippen LogP contribution in [0.15, 0.2) is 41.4 Å². The number of carbonyl (C=O) groups is 1. The average Bonchev–Trinajstić information content (AvgIpc) is 3.14. The van der Waals surface area contributed by atoms with E-state index in [1.165, 1.54) is 31.2 Å². The summed E-state index contributed by atoms with van der Waals surface area (Å²) in [5.41, 5.74) is -0.749. The van der Waals surface area contributed by atoms with E-state index < -0.39 is 51.2 Å². The van der Waals surface area contributed by atoms with Gasteiger partial charge in [0.25, 0.3) is 10.0 Å². The lowest BCUT2D eigenvalue weighted by atomic mass is 10.1. The molecule has 0 fully saturated rings. The largest absolute Gasteiger partial charge is 0.326 e. The first-order valence-corrected chi connectivity index (χ1v) is 9.92. The highest BCUT2D eigenvalue weighted by Gasteiger charge is 2.26. The normalized spacial score (nSPS) is 11.4. The van der Waals surface area contributed by atoms with Crippen molar-refractivity contribution in [2.45, 2.75) is 18.4 Å². The van der Waals surface area contributed by atoms with Crippen LogP contribution in [-0.4, -0.2) is 24.1 Å². The van der Waals surface area contributed by atoms with Crippen LogP contribution < -0.4 is 10.0 Å². The van der Waals surface area contributed by atoms with Gasteiger partial charge in [-0.2, -0.15) is 5.10 Å². The number of nitrogens with zero attached hydrogens (tertiary/aromatic N) is 2. The summed E-state index contributed by atoms with van der Waals surface area (Å²) in [5.74, 6) is -11.1. The van der Waals surface area contributed by atoms with Crippen molar-refractivity contribution < 1.29 is 35.2 Å². The molecule has 164 valence electrons. The highest BCUT2D eigenvalue weighted by Crippen LogP contribution is 2.24. The summed E-state index contributed by atoms with van der Waals surface area (Å²) < 4.78 is 95.1. The molecule has 7 nitrogen and oxygen atoms in total. The van der Waals surface area contributed by atoms with E-state index in [0.29, 0.717) is 5.69 Å². The molecule has 0 saturated heterocycles. The fourth-order valence-corrected chi connectivity index (χ4v) is 3.57. The van der Waals surface area contributed by atoms with Crippen LogP contribution in [0.25, 0.3) is 0 Å². The van der Waals surface area contributed by atoms with Gasteiger partial charge in [0.05, 0.1) is 17.0 Å². The predicted molar refractivity (Wildman–Crippen MR) is 99.1 cm³/mol. The van der Waals surface area contributed by atoms with Crippen LogP contribution in [0, 0.1) is 29.1 Å². The summed E-state index contributed by atoms with van der Waals surface area (Å²) in [6, 6.07) is 6.30. The van der Waals surface area contributed by atoms with Crippen LogP contribution in [0.4, 0.5) is 33.5 Å². The van der Waals surface area contributed by atoms with Crippen LogP contribution >= 0.6 is 0 Å². The fraction of sp³-hybridized carbons (Fsp3) is 0.111. The van der Waals surface area contributed by atoms with Crippen LogP contribution in [0.3, 0.4) is 0 Å². The molecule has 0 aliphatic heterocycles. The van der Waals surface area contributed by atoms with E-state index in [9.17, 15) is 35.2 Å². The Morgan fingerprint density at radius 3 is 2.03 bits per heavy atom. The Bertz CT molecular complexity index is 1230. The van der Waals surface area contributed by atoms with Gasteiger partial charge in [0.2, 0.25) is 11.7 Å². The number of hydrogen-bond donors (Lipinski definition) is 2. The van der Waals surface area contributed by atoms with E-state index in [-0.39, 0.29) is 16.6 Å². The molecular formula is C18H13F5N4O3S. The van der Waals surface area contributed by atoms with Gasteiger partial charge in [-0.3, -0.25) is 14.2 Å². The molecule has 0 unspecified atom stereocenters. The van der Waals surface area contributed by atoms with Crippen LogP contribution in [0.5, 0.6) is 0 Å². The Kier molecular flexibility index (Phi) is 5.97. The summed E-state index contributed by atoms with van der Waals surface area (Å²) in [5, 5.41) is 6.21. The lowest BCUT2D eigenvalue weighted by Gasteiger charge is -2.09. The molecular weight excluding hydrogens is 447 g/mol. The Morgan fingerprint density at radius 2 is 1.48 bits per heavy atom. The molecule has 0 atom stereocenters. The summed E-state index contributed by atoms with van der Waals surface area (Å²) >= 11 is 0. The van der Waals surface area contributed by atoms with Crippen LogP contribution in [0.1, 0.15) is 12.5 Å². The molecule has 2 aromatic carbocycles. The summed E-state index contributed by atoms with van der Waals surface area (Å²) in [6.45, 7) is 0.452. The van der Waals surface area contributed by atoms with Crippen LogP contribution in [0.2, 0.25) is 0 Å². The Labute approximate surface area is 172 Å². The van der Waals surface area contributed by atoms with Gasteiger partial charge in [0.1, 0.15) is 0 Å². The number of nitrogens with one attached hydrogen (secondary N) is 2. The van der Waals surface area contributed by atoms with Crippen molar-refractivity contribution in [1.29, 1.82) is 0 Å². The van der Waals surface area contributed by atoms with Gasteiger partial charge in [-0.05, 0) is 24.3 Å². The third-order valence-corrected chi connectivity index (χ3v) is 5.36. The van der Waals surface area contributed by atoms with E-state index in [4.69, 9.17) is 0 Å². The molecule has 3 rings (SSSR count). The van der Waals surface area contributed by atoms with E-state index >= 15 is 0 Å². The lowest BCUT2D eigenvalue weighted by molar-refractivity contribution is -0.114. The first-order chi connectivity index (χ1) is 14.5. The highest BCUT2D eigenvalue weighted by atomic mass is 32.2. The van der Waals surface area contributed by atoms with Crippen molar-refractivity contribution in [2.75, 3.05) is 10.0 Å². The topological polar surface area (TPSA) is 93.1 Å². The van der Waals surface area contributed by atoms with E-state index in [0.717, 1.165) is 16.9 Å². The number of halogens is 5. The Hall–Kier alpha value is -3.48. The maximum atomic E-state index is 13.8. The third-order valence-electron chi connectivity index (χ3n) is 3.99. The Balaban J connectivity index is 1.80. The predicted octanol–water partition coefficient (Wildman–Crippen LogP) is 3.39. The molecule has 0 saturated carbocycles. The summed E-state index contributed by atoms with van der Waals surface area (Å²) in [7, 11) is -4.11. The average molecular weight is 460 g/mol. The first-order valence-electron chi connectivity index (χ1n) is 8.44. The molecule has 1 heterocycles. The van der Waals surface area contributed by atoms with Crippen molar-refractivity contribution in [1.82, 2.24) is 9.78 Å². The molecule has 0 spiro atoms. The molecule has 0 aliphatic rings. The molecule has 0 bridgehead atoms. The van der Waals surface area contributed by atoms with Crippen molar-refractivity contribution in [3.8, 4) is 0 Å². The molecule has 2 N–H and O–H groups in total. The molecule has 31 heavy (non-hydrogen) atoms. The molecule has 0 aliphatic carbocycles. The number of carbonyl (C=O) groups excluding carboxylic acids is 1. The van der Waals surface area contributed by atoms with E-state index in [2.05, 4.69) is 15.1 Å². The maximum absolute atomic E-state index is 13.8. The van der Waals surface area contributed by atoms with Gasteiger partial charge in [-0.1, -0.05) is 0 Å². The minimum atomic E-state index is -4.11. The van der Waals surface area contributed by atoms with Crippen molar-refractivity contribution in [2.24, 2.45) is 0 Å². The van der Waals surface area contributed by atoms with Gasteiger partial charge in [0.15, 0.2) is 29.1 Å². The minimum absolute atomic E-state index is 0.170. The number of anilines is 2. The van der Waals surface area contributed by atoms with Gasteiger partial charge >= 0.3 is 0 Å². The smallest absolute Gasteiger partial charge is 0.263 e. The Morgan fingerprint density at radius 1 is 0.935 bits per heavy atom.